The first kappa shape index (κ1) is 28.7. The van der Waals surface area contributed by atoms with E-state index in [1.54, 1.807) is 6.07 Å². The van der Waals surface area contributed by atoms with Gasteiger partial charge in [0.25, 0.3) is 0 Å². The summed E-state index contributed by atoms with van der Waals surface area (Å²) < 4.78 is 13.5. The summed E-state index contributed by atoms with van der Waals surface area (Å²) in [6.45, 7) is -0.0107. The van der Waals surface area contributed by atoms with Crippen molar-refractivity contribution < 1.29 is 28.3 Å². The van der Waals surface area contributed by atoms with Crippen molar-refractivity contribution in [2.75, 3.05) is 6.61 Å². The molecule has 6 nitrogen and oxygen atoms in total. The molecular formula is C47H30N3O3+3. The number of cyclic esters (lactones) is 1. The number of carbonyl (C=O) groups excluding carboxylic acids is 1. The molecule has 12 rings (SSSR count). The number of carbonyl (C=O) groups is 1. The molecule has 0 bridgehead atoms. The summed E-state index contributed by atoms with van der Waals surface area (Å²) in [5, 5.41) is 18.4. The van der Waals surface area contributed by atoms with Gasteiger partial charge in [0, 0.05) is 29.0 Å². The van der Waals surface area contributed by atoms with Gasteiger partial charge < -0.3 is 9.84 Å². The number of aromatic hydroxyl groups is 1. The van der Waals surface area contributed by atoms with Crippen LogP contribution in [0, 0.1) is 0 Å². The number of ether oxygens (including phenoxy) is 1. The molecule has 9 aromatic rings. The molecule has 53 heavy (non-hydrogen) atoms. The van der Waals surface area contributed by atoms with E-state index in [4.69, 9.17) is 4.74 Å². The number of aromatic nitrogens is 3. The summed E-state index contributed by atoms with van der Waals surface area (Å²) in [6.07, 6.45) is 1.95. The Bertz CT molecular complexity index is 3140. The van der Waals surface area contributed by atoms with Gasteiger partial charge in [0.05, 0.1) is 43.8 Å². The van der Waals surface area contributed by atoms with Crippen LogP contribution in [0.4, 0.5) is 0 Å². The van der Waals surface area contributed by atoms with E-state index in [1.165, 1.54) is 5.39 Å². The second kappa shape index (κ2) is 9.90. The summed E-state index contributed by atoms with van der Waals surface area (Å²) >= 11 is 0. The number of hydrogen-bond acceptors (Lipinski definition) is 3. The van der Waals surface area contributed by atoms with Crippen molar-refractivity contribution in [3.8, 4) is 28.3 Å². The summed E-state index contributed by atoms with van der Waals surface area (Å²) in [7, 11) is 0. The molecule has 2 atom stereocenters. The third-order valence-corrected chi connectivity index (χ3v) is 12.1. The van der Waals surface area contributed by atoms with Crippen molar-refractivity contribution in [2.24, 2.45) is 0 Å². The van der Waals surface area contributed by atoms with Crippen LogP contribution in [0.15, 0.2) is 164 Å². The largest absolute Gasteiger partial charge is 0.502 e. The van der Waals surface area contributed by atoms with E-state index in [9.17, 15) is 9.90 Å². The topological polar surface area (TPSA) is 58.2 Å². The van der Waals surface area contributed by atoms with Gasteiger partial charge in [-0.2, -0.15) is 4.57 Å². The molecule has 0 fully saturated rings. The predicted octanol–water partition coefficient (Wildman–Crippen LogP) is 7.69. The van der Waals surface area contributed by atoms with E-state index in [1.807, 2.05) is 16.8 Å². The number of pyridine rings is 3. The quantitative estimate of drug-likeness (QED) is 0.101. The minimum atomic E-state index is -1.22. The Balaban J connectivity index is 1.45. The van der Waals surface area contributed by atoms with E-state index in [0.29, 0.717) is 0 Å². The molecule has 3 aliphatic rings. The van der Waals surface area contributed by atoms with Crippen molar-refractivity contribution in [1.82, 2.24) is 0 Å². The molecule has 6 aromatic carbocycles. The highest BCUT2D eigenvalue weighted by molar-refractivity contribution is 6.11. The highest BCUT2D eigenvalue weighted by Gasteiger charge is 2.85. The fraction of sp³-hybridized carbons (Fsp3) is 0.0638. The smallest absolute Gasteiger partial charge is 0.471 e. The van der Waals surface area contributed by atoms with E-state index >= 15 is 0 Å². The Morgan fingerprint density at radius 3 is 1.57 bits per heavy atom. The third-order valence-electron chi connectivity index (χ3n) is 12.1. The van der Waals surface area contributed by atoms with Gasteiger partial charge in [-0.25, -0.2) is 4.79 Å². The molecule has 6 heterocycles. The maximum absolute atomic E-state index is 14.0. The van der Waals surface area contributed by atoms with Gasteiger partial charge in [-0.1, -0.05) is 97.1 Å². The van der Waals surface area contributed by atoms with Crippen molar-refractivity contribution in [3.63, 3.8) is 0 Å². The van der Waals surface area contributed by atoms with Crippen LogP contribution < -0.4 is 13.7 Å². The lowest BCUT2D eigenvalue weighted by atomic mass is 9.66. The van der Waals surface area contributed by atoms with Crippen LogP contribution in [0.25, 0.3) is 65.9 Å². The highest BCUT2D eigenvalue weighted by atomic mass is 16.5. The molecular weight excluding hydrogens is 655 g/mol. The second-order valence-corrected chi connectivity index (χ2v) is 14.3. The molecule has 0 saturated carbocycles. The lowest BCUT2D eigenvalue weighted by Gasteiger charge is -2.42. The maximum atomic E-state index is 14.0. The molecule has 6 heteroatoms. The van der Waals surface area contributed by atoms with Gasteiger partial charge in [0.1, 0.15) is 0 Å². The number of rotatable bonds is 0. The van der Waals surface area contributed by atoms with Crippen molar-refractivity contribution in [3.05, 3.63) is 181 Å². The minimum Gasteiger partial charge on any atom is -0.502 e. The summed E-state index contributed by atoms with van der Waals surface area (Å²) in [5.74, 6) is -0.687. The fourth-order valence-electron chi connectivity index (χ4n) is 10.3. The lowest BCUT2D eigenvalue weighted by Crippen LogP contribution is -2.92. The molecule has 0 saturated heterocycles. The van der Waals surface area contributed by atoms with Crippen LogP contribution in [-0.4, -0.2) is 17.7 Å². The first-order valence-corrected chi connectivity index (χ1v) is 18.0. The lowest BCUT2D eigenvalue weighted by molar-refractivity contribution is -1.03. The van der Waals surface area contributed by atoms with Crippen molar-refractivity contribution in [1.29, 1.82) is 0 Å². The van der Waals surface area contributed by atoms with E-state index in [2.05, 4.69) is 155 Å². The van der Waals surface area contributed by atoms with Crippen molar-refractivity contribution >= 4 is 49.3 Å². The predicted molar refractivity (Wildman–Crippen MR) is 202 cm³/mol. The standard InChI is InChI=1S/C47H29N3O3/c51-41-26-13-27-48-44(41)45(52)53-28-46(48)47(37-22-9-5-20-35(37)42-33-18-3-1-14-29(33)31-16-7-11-24-39(31)49(42)46)38-23-10-6-21-36(38)43-34-19-4-2-15-30(34)32-17-8-12-25-40(32)50(43)47/h1-27H,28H2/q+2/p+1. The zero-order valence-corrected chi connectivity index (χ0v) is 28.4. The van der Waals surface area contributed by atoms with E-state index in [-0.39, 0.29) is 18.1 Å². The Labute approximate surface area is 303 Å². The molecule has 3 aliphatic heterocycles. The van der Waals surface area contributed by atoms with Crippen LogP contribution >= 0.6 is 0 Å². The highest BCUT2D eigenvalue weighted by Crippen LogP contribution is 2.57. The molecule has 0 radical (unpaired) electrons. The van der Waals surface area contributed by atoms with E-state index < -0.39 is 17.2 Å². The molecule has 248 valence electrons. The number of fused-ring (bicyclic) bond motifs is 23. The Morgan fingerprint density at radius 1 is 0.491 bits per heavy atom. The number of hydrogen-bond donors (Lipinski definition) is 1. The summed E-state index contributed by atoms with van der Waals surface area (Å²) in [4.78, 5) is 14.0. The zero-order valence-electron chi connectivity index (χ0n) is 28.4. The van der Waals surface area contributed by atoms with Crippen LogP contribution in [0.5, 0.6) is 5.75 Å². The van der Waals surface area contributed by atoms with Crippen LogP contribution in [0.3, 0.4) is 0 Å². The fourth-order valence-corrected chi connectivity index (χ4v) is 10.3. The Morgan fingerprint density at radius 2 is 0.962 bits per heavy atom. The van der Waals surface area contributed by atoms with Crippen molar-refractivity contribution in [2.45, 2.75) is 11.2 Å². The van der Waals surface area contributed by atoms with Crippen LogP contribution in [0.2, 0.25) is 0 Å². The minimum absolute atomic E-state index is 0.0107. The molecule has 0 aliphatic carbocycles. The van der Waals surface area contributed by atoms with Gasteiger partial charge in [0.15, 0.2) is 11.9 Å². The summed E-state index contributed by atoms with van der Waals surface area (Å²) in [5.41, 5.74) is 6.37. The van der Waals surface area contributed by atoms with Gasteiger partial charge in [-0.05, 0) is 42.5 Å². The Kier molecular flexibility index (Phi) is 5.37. The number of nitrogens with zero attached hydrogens (tertiary/aromatic N) is 3. The first-order valence-electron chi connectivity index (χ1n) is 18.0. The summed E-state index contributed by atoms with van der Waals surface area (Å²) in [6, 6.07) is 55.3. The average Bonchev–Trinajstić information content (AvgIpc) is 3.53. The van der Waals surface area contributed by atoms with Crippen LogP contribution in [0.1, 0.15) is 21.6 Å². The molecule has 1 N–H and O–H groups in total. The Hall–Kier alpha value is -6.92. The maximum Gasteiger partial charge on any atom is 0.471 e. The number of benzene rings is 6. The molecule has 2 unspecified atom stereocenters. The normalized spacial score (nSPS) is 19.3. The molecule has 3 aromatic heterocycles. The first-order chi connectivity index (χ1) is 26.2. The monoisotopic (exact) mass is 684 g/mol. The second-order valence-electron chi connectivity index (χ2n) is 14.3. The number of para-hydroxylation sites is 2. The zero-order chi connectivity index (χ0) is 35.1. The van der Waals surface area contributed by atoms with Gasteiger partial charge in [-0.15, -0.1) is 9.13 Å². The average molecular weight is 685 g/mol. The van der Waals surface area contributed by atoms with Crippen LogP contribution in [-0.2, 0) is 15.9 Å². The number of esters is 1. The third kappa shape index (κ3) is 3.18. The molecule has 0 amide bonds. The van der Waals surface area contributed by atoms with Gasteiger partial charge in [-0.3, -0.25) is 0 Å². The van der Waals surface area contributed by atoms with Gasteiger partial charge in [0.2, 0.25) is 29.0 Å². The van der Waals surface area contributed by atoms with Gasteiger partial charge >= 0.3 is 22.9 Å². The molecule has 2 spiro atoms. The van der Waals surface area contributed by atoms with E-state index in [0.717, 1.165) is 71.6 Å². The SMILES string of the molecule is O=C1OCC2([n+]3cccc(O)c31)[n+]1c(c3ccccc3c3ccccc31)-c1ccccc1C21c2ccccc2-c2c3ccccc3c3ccccc3[n+]21.